The summed E-state index contributed by atoms with van der Waals surface area (Å²) in [6, 6.07) is 10.1. The van der Waals surface area contributed by atoms with Gasteiger partial charge in [-0.15, -0.1) is 10.2 Å². The van der Waals surface area contributed by atoms with E-state index in [0.717, 1.165) is 24.3 Å². The first kappa shape index (κ1) is 14.2. The normalized spacial score (nSPS) is 15.8. The first-order valence-corrected chi connectivity index (χ1v) is 7.88. The Labute approximate surface area is 127 Å². The highest BCUT2D eigenvalue weighted by molar-refractivity contribution is 7.15. The van der Waals surface area contributed by atoms with Crippen molar-refractivity contribution in [2.75, 3.05) is 18.5 Å². The summed E-state index contributed by atoms with van der Waals surface area (Å²) >= 11 is 1.43. The molecule has 2 heterocycles. The molecule has 5 nitrogen and oxygen atoms in total. The molecule has 1 aliphatic heterocycles. The summed E-state index contributed by atoms with van der Waals surface area (Å²) in [6.45, 7) is 1.32. The third kappa shape index (κ3) is 3.86. The fourth-order valence-electron chi connectivity index (χ4n) is 2.31. The summed E-state index contributed by atoms with van der Waals surface area (Å²) in [6.07, 6.45) is 2.30. The minimum Gasteiger partial charge on any atom is -0.381 e. The zero-order valence-corrected chi connectivity index (χ0v) is 12.4. The van der Waals surface area contributed by atoms with Gasteiger partial charge in [-0.1, -0.05) is 41.7 Å². The number of hydrogen-bond donors (Lipinski definition) is 1. The van der Waals surface area contributed by atoms with Crippen molar-refractivity contribution >= 4 is 22.4 Å². The first-order valence-electron chi connectivity index (χ1n) is 7.06. The molecule has 1 aromatic heterocycles. The molecule has 0 atom stereocenters. The van der Waals surface area contributed by atoms with Crippen LogP contribution in [0.25, 0.3) is 0 Å². The Morgan fingerprint density at radius 3 is 2.76 bits per heavy atom. The Morgan fingerprint density at radius 1 is 1.24 bits per heavy atom. The second-order valence-electron chi connectivity index (χ2n) is 5.04. The lowest BCUT2D eigenvalue weighted by atomic mass is 10.00. The zero-order chi connectivity index (χ0) is 14.5. The second kappa shape index (κ2) is 6.78. The summed E-state index contributed by atoms with van der Waals surface area (Å²) in [4.78, 5) is 12.1. The molecule has 0 saturated carbocycles. The molecule has 110 valence electrons. The van der Waals surface area contributed by atoms with Gasteiger partial charge in [0.2, 0.25) is 11.0 Å². The number of anilines is 1. The van der Waals surface area contributed by atoms with Crippen LogP contribution in [0, 0.1) is 5.92 Å². The number of rotatable bonds is 4. The molecule has 1 aliphatic rings. The number of carbonyl (C=O) groups is 1. The molecular formula is C15H17N3O2S. The smallest absolute Gasteiger partial charge is 0.229 e. The highest BCUT2D eigenvalue weighted by atomic mass is 32.1. The zero-order valence-electron chi connectivity index (χ0n) is 11.6. The van der Waals surface area contributed by atoms with E-state index >= 15 is 0 Å². The molecule has 0 bridgehead atoms. The van der Waals surface area contributed by atoms with E-state index in [4.69, 9.17) is 4.74 Å². The van der Waals surface area contributed by atoms with Crippen molar-refractivity contribution in [3.05, 3.63) is 40.9 Å². The fraction of sp³-hybridized carbons (Fsp3) is 0.400. The predicted molar refractivity (Wildman–Crippen MR) is 81.3 cm³/mol. The summed E-state index contributed by atoms with van der Waals surface area (Å²) in [5, 5.41) is 12.5. The number of nitrogens with zero attached hydrogens (tertiary/aromatic N) is 2. The quantitative estimate of drug-likeness (QED) is 0.942. The Bertz CT molecular complexity index is 594. The number of benzene rings is 1. The molecule has 6 heteroatoms. The summed E-state index contributed by atoms with van der Waals surface area (Å²) in [5.74, 6) is 0.0564. The van der Waals surface area contributed by atoms with Crippen LogP contribution >= 0.6 is 11.3 Å². The largest absolute Gasteiger partial charge is 0.381 e. The van der Waals surface area contributed by atoms with Crippen molar-refractivity contribution in [3.8, 4) is 0 Å². The van der Waals surface area contributed by atoms with Gasteiger partial charge in [0.25, 0.3) is 0 Å². The molecule has 1 saturated heterocycles. The summed E-state index contributed by atoms with van der Waals surface area (Å²) in [7, 11) is 0. The first-order chi connectivity index (χ1) is 10.3. The molecule has 3 rings (SSSR count). The van der Waals surface area contributed by atoms with E-state index in [9.17, 15) is 4.79 Å². The van der Waals surface area contributed by atoms with E-state index in [2.05, 4.69) is 27.6 Å². The van der Waals surface area contributed by atoms with Crippen molar-refractivity contribution in [3.63, 3.8) is 0 Å². The van der Waals surface area contributed by atoms with Gasteiger partial charge in [-0.05, 0) is 18.4 Å². The monoisotopic (exact) mass is 303 g/mol. The molecular weight excluding hydrogens is 286 g/mol. The van der Waals surface area contributed by atoms with Gasteiger partial charge in [-0.2, -0.15) is 0 Å². The van der Waals surface area contributed by atoms with E-state index in [1.807, 2.05) is 18.2 Å². The van der Waals surface area contributed by atoms with Gasteiger partial charge in [0.1, 0.15) is 5.01 Å². The minimum absolute atomic E-state index is 0.0280. The third-order valence-electron chi connectivity index (χ3n) is 3.49. The van der Waals surface area contributed by atoms with E-state index in [-0.39, 0.29) is 11.8 Å². The van der Waals surface area contributed by atoms with Crippen molar-refractivity contribution in [2.24, 2.45) is 5.92 Å². The highest BCUT2D eigenvalue weighted by Gasteiger charge is 2.22. The highest BCUT2D eigenvalue weighted by Crippen LogP contribution is 2.21. The van der Waals surface area contributed by atoms with Gasteiger partial charge in [-0.3, -0.25) is 4.79 Å². The van der Waals surface area contributed by atoms with Crippen LogP contribution in [0.4, 0.5) is 5.13 Å². The molecule has 21 heavy (non-hydrogen) atoms. The van der Waals surface area contributed by atoms with E-state index < -0.39 is 0 Å². The van der Waals surface area contributed by atoms with Crippen LogP contribution < -0.4 is 5.32 Å². The van der Waals surface area contributed by atoms with Gasteiger partial charge in [-0.25, -0.2) is 0 Å². The summed E-state index contributed by atoms with van der Waals surface area (Å²) < 4.78 is 5.27. The second-order valence-corrected chi connectivity index (χ2v) is 6.10. The maximum atomic E-state index is 12.1. The fourth-order valence-corrected chi connectivity index (χ4v) is 3.09. The Kier molecular flexibility index (Phi) is 4.57. The van der Waals surface area contributed by atoms with E-state index in [0.29, 0.717) is 18.3 Å². The third-order valence-corrected chi connectivity index (χ3v) is 4.33. The van der Waals surface area contributed by atoms with E-state index in [1.54, 1.807) is 0 Å². The predicted octanol–water partition coefficient (Wildman–Crippen LogP) is 2.49. The Balaban J connectivity index is 1.58. The van der Waals surface area contributed by atoms with Crippen LogP contribution in [0.2, 0.25) is 0 Å². The molecule has 2 aromatic rings. The van der Waals surface area contributed by atoms with Crippen LogP contribution in [0.5, 0.6) is 0 Å². The lowest BCUT2D eigenvalue weighted by Crippen LogP contribution is -2.28. The molecule has 0 radical (unpaired) electrons. The number of hydrogen-bond acceptors (Lipinski definition) is 5. The van der Waals surface area contributed by atoms with Crippen LogP contribution in [-0.4, -0.2) is 29.3 Å². The topological polar surface area (TPSA) is 64.1 Å². The van der Waals surface area contributed by atoms with Gasteiger partial charge in [0, 0.05) is 25.6 Å². The number of amides is 1. The molecule has 0 unspecified atom stereocenters. The molecule has 1 fully saturated rings. The molecule has 1 amide bonds. The molecule has 0 spiro atoms. The van der Waals surface area contributed by atoms with E-state index in [1.165, 1.54) is 16.9 Å². The Hall–Kier alpha value is -1.79. The van der Waals surface area contributed by atoms with Gasteiger partial charge in [0.15, 0.2) is 0 Å². The van der Waals surface area contributed by atoms with Crippen molar-refractivity contribution < 1.29 is 9.53 Å². The minimum atomic E-state index is 0.0280. The van der Waals surface area contributed by atoms with Gasteiger partial charge in [0.05, 0.1) is 0 Å². The average molecular weight is 303 g/mol. The van der Waals surface area contributed by atoms with Crippen LogP contribution in [0.1, 0.15) is 23.4 Å². The SMILES string of the molecule is O=C(Nc1nnc(Cc2ccccc2)s1)C1CCOCC1. The van der Waals surface area contributed by atoms with Gasteiger partial charge >= 0.3 is 0 Å². The lowest BCUT2D eigenvalue weighted by molar-refractivity contribution is -0.122. The lowest BCUT2D eigenvalue weighted by Gasteiger charge is -2.20. The number of carbonyl (C=O) groups excluding carboxylic acids is 1. The number of ether oxygens (including phenoxy) is 1. The maximum Gasteiger partial charge on any atom is 0.229 e. The Morgan fingerprint density at radius 2 is 2.00 bits per heavy atom. The number of aromatic nitrogens is 2. The molecule has 1 aromatic carbocycles. The standard InChI is InChI=1S/C15H17N3O2S/c19-14(12-6-8-20-9-7-12)16-15-18-17-13(21-15)10-11-4-2-1-3-5-11/h1-5,12H,6-10H2,(H,16,18,19). The van der Waals surface area contributed by atoms with Crippen molar-refractivity contribution in [2.45, 2.75) is 19.3 Å². The number of nitrogens with one attached hydrogen (secondary N) is 1. The molecule has 0 aliphatic carbocycles. The van der Waals surface area contributed by atoms with Crippen LogP contribution in [0.3, 0.4) is 0 Å². The average Bonchev–Trinajstić information content (AvgIpc) is 2.96. The van der Waals surface area contributed by atoms with Gasteiger partial charge < -0.3 is 10.1 Å². The van der Waals surface area contributed by atoms with Crippen LogP contribution in [-0.2, 0) is 16.0 Å². The van der Waals surface area contributed by atoms with Crippen molar-refractivity contribution in [1.29, 1.82) is 0 Å². The van der Waals surface area contributed by atoms with Crippen LogP contribution in [0.15, 0.2) is 30.3 Å². The van der Waals surface area contributed by atoms with Crippen molar-refractivity contribution in [1.82, 2.24) is 10.2 Å². The molecule has 1 N–H and O–H groups in total. The summed E-state index contributed by atoms with van der Waals surface area (Å²) in [5.41, 5.74) is 1.19. The maximum absolute atomic E-state index is 12.1.